The van der Waals surface area contributed by atoms with Gasteiger partial charge in [0.25, 0.3) is 5.91 Å². The van der Waals surface area contributed by atoms with Crippen LogP contribution < -0.4 is 5.01 Å². The summed E-state index contributed by atoms with van der Waals surface area (Å²) >= 11 is 5.85. The number of amides is 1. The van der Waals surface area contributed by atoms with E-state index in [0.717, 1.165) is 5.01 Å². The molecule has 1 aliphatic heterocycles. The molecule has 3 N–H and O–H groups in total. The third-order valence-corrected chi connectivity index (χ3v) is 4.82. The van der Waals surface area contributed by atoms with Crippen molar-refractivity contribution in [3.8, 4) is 5.75 Å². The highest BCUT2D eigenvalue weighted by atomic mass is 35.5. The summed E-state index contributed by atoms with van der Waals surface area (Å²) in [5.41, 5.74) is 0.693. The molecule has 2 unspecified atom stereocenters. The lowest BCUT2D eigenvalue weighted by Gasteiger charge is -2.13. The first kappa shape index (κ1) is 19.0. The zero-order chi connectivity index (χ0) is 19.8. The van der Waals surface area contributed by atoms with Crippen molar-refractivity contribution in [2.75, 3.05) is 5.01 Å². The molecule has 2 aromatic carbocycles. The number of anilines is 1. The van der Waals surface area contributed by atoms with Gasteiger partial charge in [0, 0.05) is 5.02 Å². The number of rotatable bonds is 4. The maximum Gasteiger partial charge on any atom is 0.280 e. The molecule has 0 radical (unpaired) electrons. The number of azo groups is 1. The van der Waals surface area contributed by atoms with Crippen molar-refractivity contribution in [1.82, 2.24) is 0 Å². The van der Waals surface area contributed by atoms with Gasteiger partial charge in [-0.25, -0.2) is 8.99 Å². The third-order valence-electron chi connectivity index (χ3n) is 3.70. The Hall–Kier alpha value is -2.82. The van der Waals surface area contributed by atoms with Gasteiger partial charge in [-0.3, -0.25) is 9.35 Å². The van der Waals surface area contributed by atoms with Crippen molar-refractivity contribution >= 4 is 44.6 Å². The Morgan fingerprint density at radius 1 is 1.30 bits per heavy atom. The van der Waals surface area contributed by atoms with Gasteiger partial charge in [-0.15, -0.1) is 0 Å². The van der Waals surface area contributed by atoms with Crippen LogP contribution in [0.4, 0.5) is 11.4 Å². The van der Waals surface area contributed by atoms with Gasteiger partial charge in [-0.1, -0.05) is 17.7 Å². The lowest BCUT2D eigenvalue weighted by molar-refractivity contribution is -0.117. The first-order valence-electron chi connectivity index (χ1n) is 7.56. The number of nitrogens with zero attached hydrogens (tertiary/aromatic N) is 4. The molecule has 1 heterocycles. The Balaban J connectivity index is 1.89. The van der Waals surface area contributed by atoms with Gasteiger partial charge in [0.05, 0.1) is 16.3 Å². The summed E-state index contributed by atoms with van der Waals surface area (Å²) < 4.78 is 28.1. The van der Waals surface area contributed by atoms with Gasteiger partial charge >= 0.3 is 0 Å². The largest absolute Gasteiger partial charge is 0.506 e. The molecule has 0 spiro atoms. The average Bonchev–Trinajstić information content (AvgIpc) is 2.89. The van der Waals surface area contributed by atoms with E-state index in [1.165, 1.54) is 42.5 Å². The fourth-order valence-electron chi connectivity index (χ4n) is 2.36. The summed E-state index contributed by atoms with van der Waals surface area (Å²) in [6.07, 6.45) is 0. The molecule has 0 aliphatic carbocycles. The summed E-state index contributed by atoms with van der Waals surface area (Å²) in [5.74, 6) is -0.662. The Morgan fingerprint density at radius 2 is 2.04 bits per heavy atom. The molecular weight excluding hydrogens is 394 g/mol. The highest BCUT2D eigenvalue weighted by Gasteiger charge is 2.35. The molecule has 3 rings (SSSR count). The average molecular weight is 408 g/mol. The van der Waals surface area contributed by atoms with E-state index in [1.807, 2.05) is 0 Å². The van der Waals surface area contributed by atoms with E-state index >= 15 is 0 Å². The molecule has 0 saturated heterocycles. The maximum atomic E-state index is 12.6. The summed E-state index contributed by atoms with van der Waals surface area (Å²) in [5, 5.41) is 23.1. The summed E-state index contributed by atoms with van der Waals surface area (Å²) in [4.78, 5) is 12.5. The topological polar surface area (TPSA) is 139 Å². The number of hydrogen-bond donors (Lipinski definition) is 3. The molecule has 11 heteroatoms. The Kier molecular flexibility index (Phi) is 4.96. The fourth-order valence-corrected chi connectivity index (χ4v) is 3.07. The van der Waals surface area contributed by atoms with Gasteiger partial charge in [-0.2, -0.15) is 20.3 Å². The van der Waals surface area contributed by atoms with Crippen LogP contribution in [-0.4, -0.2) is 31.5 Å². The van der Waals surface area contributed by atoms with Crippen LogP contribution >= 0.6 is 11.6 Å². The molecule has 140 valence electrons. The van der Waals surface area contributed by atoms with Crippen LogP contribution in [0.3, 0.4) is 0 Å². The van der Waals surface area contributed by atoms with Crippen LogP contribution in [-0.2, 0) is 14.8 Å². The van der Waals surface area contributed by atoms with Crippen LogP contribution in [0.25, 0.3) is 0 Å². The second kappa shape index (κ2) is 7.06. The Labute approximate surface area is 159 Å². The highest BCUT2D eigenvalue weighted by Crippen LogP contribution is 2.31. The van der Waals surface area contributed by atoms with E-state index in [4.69, 9.17) is 16.4 Å². The molecule has 0 fully saturated rings. The van der Waals surface area contributed by atoms with Gasteiger partial charge < -0.3 is 5.11 Å². The van der Waals surface area contributed by atoms with Crippen molar-refractivity contribution in [2.45, 2.75) is 17.9 Å². The monoisotopic (exact) mass is 407 g/mol. The predicted molar refractivity (Wildman–Crippen MR) is 100 cm³/mol. The van der Waals surface area contributed by atoms with Gasteiger partial charge in [0.1, 0.15) is 11.4 Å². The molecule has 1 amide bonds. The van der Waals surface area contributed by atoms with Crippen molar-refractivity contribution in [2.24, 2.45) is 15.3 Å². The Bertz CT molecular complexity index is 1080. The number of phenols is 1. The molecule has 9 nitrogen and oxygen atoms in total. The van der Waals surface area contributed by atoms with Gasteiger partial charge in [0.2, 0.25) is 0 Å². The number of carbonyl (C=O) groups excluding carboxylic acids is 1. The minimum atomic E-state index is -3.92. The quantitative estimate of drug-likeness (QED) is 0.663. The summed E-state index contributed by atoms with van der Waals surface area (Å²) in [6.45, 7) is 1.59. The first-order valence-corrected chi connectivity index (χ1v) is 9.46. The molecule has 27 heavy (non-hydrogen) atoms. The van der Waals surface area contributed by atoms with E-state index in [-0.39, 0.29) is 22.0 Å². The maximum absolute atomic E-state index is 12.6. The van der Waals surface area contributed by atoms with E-state index in [9.17, 15) is 18.7 Å². The zero-order valence-corrected chi connectivity index (χ0v) is 15.5. The minimum absolute atomic E-state index is 0.109. The lowest BCUT2D eigenvalue weighted by atomic mass is 10.2. The van der Waals surface area contributed by atoms with Crippen molar-refractivity contribution < 1.29 is 18.7 Å². The number of hydrogen-bond acceptors (Lipinski definition) is 7. The number of phenolic OH excluding ortho intramolecular Hbond substituents is 1. The van der Waals surface area contributed by atoms with Crippen molar-refractivity contribution in [1.29, 1.82) is 4.78 Å². The lowest BCUT2D eigenvalue weighted by Crippen LogP contribution is -2.29. The molecular formula is C16H14ClN5O4S. The van der Waals surface area contributed by atoms with E-state index in [2.05, 4.69) is 15.3 Å². The second-order valence-electron chi connectivity index (χ2n) is 5.67. The van der Waals surface area contributed by atoms with Crippen molar-refractivity contribution in [3.63, 3.8) is 0 Å². The highest BCUT2D eigenvalue weighted by molar-refractivity contribution is 7.86. The SMILES string of the molecule is CC1=NN(c2cccc(S(=N)(=O)O)c2)C(=O)C1N=Nc1cc(Cl)ccc1O. The number of carbonyl (C=O) groups is 1. The van der Waals surface area contributed by atoms with E-state index in [0.29, 0.717) is 10.7 Å². The zero-order valence-electron chi connectivity index (χ0n) is 13.9. The molecule has 0 aromatic heterocycles. The van der Waals surface area contributed by atoms with Gasteiger partial charge in [0.15, 0.2) is 16.1 Å². The molecule has 2 aromatic rings. The smallest absolute Gasteiger partial charge is 0.280 e. The molecule has 0 bridgehead atoms. The van der Waals surface area contributed by atoms with Crippen LogP contribution in [0.15, 0.2) is 62.7 Å². The minimum Gasteiger partial charge on any atom is -0.506 e. The summed E-state index contributed by atoms with van der Waals surface area (Å²) in [6, 6.07) is 8.77. The normalized spacial score (nSPS) is 19.4. The standard InChI is InChI=1S/C16H14ClN5O4S/c1-9-15(20-19-13-7-10(17)5-6-14(13)23)16(24)22(21-9)11-3-2-4-12(8-11)27(18,25)26/h2-8,15,23H,1H3,(H2,18,25,26). The molecule has 2 atom stereocenters. The number of halogens is 1. The summed E-state index contributed by atoms with van der Waals surface area (Å²) in [7, 11) is -3.92. The number of benzene rings is 2. The number of aromatic hydroxyl groups is 1. The number of hydrazone groups is 1. The van der Waals surface area contributed by atoms with Gasteiger partial charge in [-0.05, 0) is 43.3 Å². The van der Waals surface area contributed by atoms with Crippen LogP contribution in [0.1, 0.15) is 6.92 Å². The van der Waals surface area contributed by atoms with Crippen LogP contribution in [0.2, 0.25) is 5.02 Å². The predicted octanol–water partition coefficient (Wildman–Crippen LogP) is 3.80. The van der Waals surface area contributed by atoms with Crippen LogP contribution in [0, 0.1) is 4.78 Å². The number of nitrogens with one attached hydrogen (secondary N) is 1. The van der Waals surface area contributed by atoms with E-state index in [1.54, 1.807) is 6.92 Å². The molecule has 0 saturated carbocycles. The fraction of sp³-hybridized carbons (Fsp3) is 0.125. The Morgan fingerprint density at radius 3 is 2.74 bits per heavy atom. The third kappa shape index (κ3) is 3.97. The second-order valence-corrected chi connectivity index (χ2v) is 7.63. The van der Waals surface area contributed by atoms with E-state index < -0.39 is 22.0 Å². The van der Waals surface area contributed by atoms with Crippen molar-refractivity contribution in [3.05, 3.63) is 47.5 Å². The first-order chi connectivity index (χ1) is 12.7. The molecule has 1 aliphatic rings. The van der Waals surface area contributed by atoms with Crippen LogP contribution in [0.5, 0.6) is 5.75 Å².